The topological polar surface area (TPSA) is 33.3 Å². The first-order valence-electron chi connectivity index (χ1n) is 6.72. The Hall–Kier alpha value is -0.550. The molecule has 0 bridgehead atoms. The molecule has 3 nitrogen and oxygen atoms in total. The van der Waals surface area contributed by atoms with Crippen LogP contribution in [0.1, 0.15) is 18.4 Å². The van der Waals surface area contributed by atoms with E-state index in [1.807, 2.05) is 12.1 Å². The van der Waals surface area contributed by atoms with Crippen LogP contribution in [0.5, 0.6) is 0 Å². The van der Waals surface area contributed by atoms with Gasteiger partial charge in [-0.2, -0.15) is 0 Å². The zero-order valence-corrected chi connectivity index (χ0v) is 13.5. The van der Waals surface area contributed by atoms with Gasteiger partial charge in [-0.05, 0) is 49.2 Å². The third-order valence-corrected chi connectivity index (χ3v) is 4.08. The monoisotopic (exact) mass is 332 g/mol. The van der Waals surface area contributed by atoms with Gasteiger partial charge in [0.15, 0.2) is 5.11 Å². The summed E-state index contributed by atoms with van der Waals surface area (Å²) in [5.41, 5.74) is 1.06. The lowest BCUT2D eigenvalue weighted by Gasteiger charge is -2.14. The minimum atomic E-state index is 0.292. The molecule has 0 unspecified atom stereocenters. The first-order chi connectivity index (χ1) is 9.65. The Balaban J connectivity index is 1.65. The minimum absolute atomic E-state index is 0.292. The van der Waals surface area contributed by atoms with Crippen LogP contribution < -0.4 is 10.6 Å². The van der Waals surface area contributed by atoms with Crippen LogP contribution in [0, 0.1) is 0 Å². The Morgan fingerprint density at radius 3 is 2.90 bits per heavy atom. The fourth-order valence-corrected chi connectivity index (χ4v) is 2.80. The average molecular weight is 333 g/mol. The molecule has 20 heavy (non-hydrogen) atoms. The van der Waals surface area contributed by atoms with E-state index >= 15 is 0 Å². The zero-order chi connectivity index (χ0) is 14.4. The highest BCUT2D eigenvalue weighted by atomic mass is 35.5. The smallest absolute Gasteiger partial charge is 0.166 e. The van der Waals surface area contributed by atoms with E-state index in [2.05, 4.69) is 10.6 Å². The van der Waals surface area contributed by atoms with E-state index in [0.29, 0.717) is 21.3 Å². The van der Waals surface area contributed by atoms with Crippen molar-refractivity contribution >= 4 is 40.5 Å². The molecule has 1 aliphatic heterocycles. The molecule has 2 rings (SSSR count). The summed E-state index contributed by atoms with van der Waals surface area (Å²) in [5, 5.41) is 8.35. The summed E-state index contributed by atoms with van der Waals surface area (Å²) in [4.78, 5) is 0. The van der Waals surface area contributed by atoms with Crippen molar-refractivity contribution < 1.29 is 4.74 Å². The average Bonchev–Trinajstić information content (AvgIpc) is 2.92. The summed E-state index contributed by atoms with van der Waals surface area (Å²) < 4.78 is 5.52. The van der Waals surface area contributed by atoms with Crippen LogP contribution in [0.2, 0.25) is 10.0 Å². The summed E-state index contributed by atoms with van der Waals surface area (Å²) in [6.07, 6.45) is 3.34. The van der Waals surface area contributed by atoms with Gasteiger partial charge in [0, 0.05) is 29.7 Å². The van der Waals surface area contributed by atoms with Crippen molar-refractivity contribution in [3.05, 3.63) is 33.8 Å². The number of benzene rings is 1. The molecule has 1 heterocycles. The van der Waals surface area contributed by atoms with Gasteiger partial charge in [-0.3, -0.25) is 0 Å². The Labute approximate surface area is 135 Å². The maximum atomic E-state index is 6.11. The van der Waals surface area contributed by atoms with Crippen LogP contribution in [0.25, 0.3) is 0 Å². The first-order valence-corrected chi connectivity index (χ1v) is 7.89. The zero-order valence-electron chi connectivity index (χ0n) is 11.1. The van der Waals surface area contributed by atoms with E-state index in [1.54, 1.807) is 6.07 Å². The predicted octanol–water partition coefficient (Wildman–Crippen LogP) is 3.18. The van der Waals surface area contributed by atoms with E-state index in [-0.39, 0.29) is 0 Å². The minimum Gasteiger partial charge on any atom is -0.376 e. The molecule has 0 amide bonds. The molecule has 1 aliphatic rings. The molecule has 0 aromatic heterocycles. The number of rotatable bonds is 5. The SMILES string of the molecule is S=C(NCCc1ccc(Cl)cc1Cl)NC[C@@H]1CCCO1. The van der Waals surface area contributed by atoms with Gasteiger partial charge < -0.3 is 15.4 Å². The summed E-state index contributed by atoms with van der Waals surface area (Å²) in [6.45, 7) is 2.37. The lowest BCUT2D eigenvalue weighted by Crippen LogP contribution is -2.40. The number of halogens is 2. The third-order valence-electron chi connectivity index (χ3n) is 3.21. The molecule has 1 atom stereocenters. The van der Waals surface area contributed by atoms with Gasteiger partial charge in [0.2, 0.25) is 0 Å². The number of thiocarbonyl (C=S) groups is 1. The van der Waals surface area contributed by atoms with Gasteiger partial charge >= 0.3 is 0 Å². The first kappa shape index (κ1) is 15.8. The van der Waals surface area contributed by atoms with Gasteiger partial charge in [-0.1, -0.05) is 29.3 Å². The Morgan fingerprint density at radius 2 is 2.20 bits per heavy atom. The van der Waals surface area contributed by atoms with Crippen molar-refractivity contribution in [2.75, 3.05) is 19.7 Å². The number of nitrogens with one attached hydrogen (secondary N) is 2. The van der Waals surface area contributed by atoms with Crippen LogP contribution in [0.15, 0.2) is 18.2 Å². The fraction of sp³-hybridized carbons (Fsp3) is 0.500. The molecular formula is C14H18Cl2N2OS. The van der Waals surface area contributed by atoms with Crippen LogP contribution in [0.4, 0.5) is 0 Å². The van der Waals surface area contributed by atoms with Crippen LogP contribution >= 0.6 is 35.4 Å². The number of ether oxygens (including phenoxy) is 1. The second-order valence-corrected chi connectivity index (χ2v) is 6.01. The van der Waals surface area contributed by atoms with E-state index in [1.165, 1.54) is 0 Å². The lowest BCUT2D eigenvalue weighted by atomic mass is 10.1. The largest absolute Gasteiger partial charge is 0.376 e. The standard InChI is InChI=1S/C14H18Cl2N2OS/c15-11-4-3-10(13(16)8-11)5-6-17-14(20)18-9-12-2-1-7-19-12/h3-4,8,12H,1-2,5-7,9H2,(H2,17,18,20)/t12-/m0/s1. The third kappa shape index (κ3) is 5.09. The molecule has 1 saturated heterocycles. The highest BCUT2D eigenvalue weighted by Gasteiger charge is 2.15. The lowest BCUT2D eigenvalue weighted by molar-refractivity contribution is 0.114. The van der Waals surface area contributed by atoms with Crippen molar-refractivity contribution in [3.63, 3.8) is 0 Å². The molecule has 1 fully saturated rings. The van der Waals surface area contributed by atoms with Gasteiger partial charge in [0.1, 0.15) is 0 Å². The maximum Gasteiger partial charge on any atom is 0.166 e. The molecule has 0 aliphatic carbocycles. The summed E-state index contributed by atoms with van der Waals surface area (Å²) in [5.74, 6) is 0. The van der Waals surface area contributed by atoms with Crippen molar-refractivity contribution in [2.24, 2.45) is 0 Å². The van der Waals surface area contributed by atoms with Crippen LogP contribution in [-0.2, 0) is 11.2 Å². The molecule has 1 aromatic carbocycles. The van der Waals surface area contributed by atoms with Crippen molar-refractivity contribution in [1.29, 1.82) is 0 Å². The Kier molecular flexibility index (Phi) is 6.36. The molecule has 1 aromatic rings. The molecule has 2 N–H and O–H groups in total. The highest BCUT2D eigenvalue weighted by molar-refractivity contribution is 7.80. The Bertz CT molecular complexity index is 464. The second-order valence-electron chi connectivity index (χ2n) is 4.76. The van der Waals surface area contributed by atoms with Crippen molar-refractivity contribution in [3.8, 4) is 0 Å². The van der Waals surface area contributed by atoms with Gasteiger partial charge in [-0.25, -0.2) is 0 Å². The van der Waals surface area contributed by atoms with E-state index in [9.17, 15) is 0 Å². The quantitative estimate of drug-likeness (QED) is 0.811. The second kappa shape index (κ2) is 8.03. The predicted molar refractivity (Wildman–Crippen MR) is 87.7 cm³/mol. The summed E-state index contributed by atoms with van der Waals surface area (Å²) in [7, 11) is 0. The van der Waals surface area contributed by atoms with Gasteiger partial charge in [0.05, 0.1) is 6.10 Å². The Morgan fingerprint density at radius 1 is 1.35 bits per heavy atom. The molecular weight excluding hydrogens is 315 g/mol. The molecule has 0 saturated carbocycles. The number of hydrogen-bond donors (Lipinski definition) is 2. The van der Waals surface area contributed by atoms with Gasteiger partial charge in [0.25, 0.3) is 0 Å². The van der Waals surface area contributed by atoms with Crippen molar-refractivity contribution in [1.82, 2.24) is 10.6 Å². The molecule has 6 heteroatoms. The van der Waals surface area contributed by atoms with E-state index < -0.39 is 0 Å². The van der Waals surface area contributed by atoms with E-state index in [0.717, 1.165) is 44.5 Å². The molecule has 110 valence electrons. The number of hydrogen-bond acceptors (Lipinski definition) is 2. The highest BCUT2D eigenvalue weighted by Crippen LogP contribution is 2.21. The molecule has 0 radical (unpaired) electrons. The maximum absolute atomic E-state index is 6.11. The summed E-state index contributed by atoms with van der Waals surface area (Å²) >= 11 is 17.2. The van der Waals surface area contributed by atoms with Crippen LogP contribution in [-0.4, -0.2) is 30.9 Å². The van der Waals surface area contributed by atoms with Crippen molar-refractivity contribution in [2.45, 2.75) is 25.4 Å². The van der Waals surface area contributed by atoms with E-state index in [4.69, 9.17) is 40.2 Å². The van der Waals surface area contributed by atoms with Gasteiger partial charge in [-0.15, -0.1) is 0 Å². The fourth-order valence-electron chi connectivity index (χ4n) is 2.11. The normalized spacial score (nSPS) is 18.0. The molecule has 0 spiro atoms. The van der Waals surface area contributed by atoms with Crippen LogP contribution in [0.3, 0.4) is 0 Å². The summed E-state index contributed by atoms with van der Waals surface area (Å²) in [6, 6.07) is 5.54.